The monoisotopic (exact) mass is 262 g/mol. The molecule has 2 N–H and O–H groups in total. The largest absolute Gasteiger partial charge is 0.463 e. The highest BCUT2D eigenvalue weighted by molar-refractivity contribution is 5.72. The molecule has 6 heteroatoms. The fourth-order valence-corrected chi connectivity index (χ4v) is 1.24. The third kappa shape index (κ3) is 8.03. The summed E-state index contributed by atoms with van der Waals surface area (Å²) in [5.74, 6) is -1.23. The third-order valence-corrected chi connectivity index (χ3v) is 1.93. The van der Waals surface area contributed by atoms with E-state index >= 15 is 0 Å². The van der Waals surface area contributed by atoms with Crippen LogP contribution in [0.3, 0.4) is 0 Å². The normalized spacial score (nSPS) is 14.4. The molecule has 0 aliphatic rings. The summed E-state index contributed by atoms with van der Waals surface area (Å²) in [6, 6.07) is 0. The molecule has 0 saturated heterocycles. The Balaban J connectivity index is 4.06. The third-order valence-electron chi connectivity index (χ3n) is 1.93. The van der Waals surface area contributed by atoms with Gasteiger partial charge in [0, 0.05) is 0 Å². The minimum absolute atomic E-state index is 0.284. The van der Waals surface area contributed by atoms with Crippen molar-refractivity contribution in [3.63, 3.8) is 0 Å². The average molecular weight is 262 g/mol. The topological polar surface area (TPSA) is 93.1 Å². The van der Waals surface area contributed by atoms with Gasteiger partial charge in [0.15, 0.2) is 0 Å². The summed E-state index contributed by atoms with van der Waals surface area (Å²) in [6.45, 7) is 6.73. The van der Waals surface area contributed by atoms with E-state index in [1.165, 1.54) is 0 Å². The molecule has 0 saturated carbocycles. The van der Waals surface area contributed by atoms with E-state index in [2.05, 4.69) is 0 Å². The Hall–Kier alpha value is -1.14. The SMILES string of the molecule is CC(C)OC(=O)C[C@H](O)[C@@H](O)CC(=O)OC(C)C. The molecule has 6 nitrogen and oxygen atoms in total. The Kier molecular flexibility index (Phi) is 7.54. The van der Waals surface area contributed by atoms with Crippen LogP contribution in [0.2, 0.25) is 0 Å². The highest BCUT2D eigenvalue weighted by Gasteiger charge is 2.24. The van der Waals surface area contributed by atoms with Crippen molar-refractivity contribution in [2.24, 2.45) is 0 Å². The molecule has 0 radical (unpaired) electrons. The lowest BCUT2D eigenvalue weighted by molar-refractivity contribution is -0.156. The van der Waals surface area contributed by atoms with Crippen LogP contribution in [0.5, 0.6) is 0 Å². The number of rotatable bonds is 7. The van der Waals surface area contributed by atoms with Gasteiger partial charge >= 0.3 is 11.9 Å². The first-order valence-corrected chi connectivity index (χ1v) is 5.97. The number of aliphatic hydroxyl groups excluding tert-OH is 2. The number of carbonyl (C=O) groups is 2. The van der Waals surface area contributed by atoms with Crippen LogP contribution in [0.4, 0.5) is 0 Å². The van der Waals surface area contributed by atoms with Gasteiger partial charge in [0.05, 0.1) is 37.3 Å². The summed E-state index contributed by atoms with van der Waals surface area (Å²) < 4.78 is 9.63. The average Bonchev–Trinajstić information content (AvgIpc) is 2.13. The van der Waals surface area contributed by atoms with E-state index < -0.39 is 24.1 Å². The van der Waals surface area contributed by atoms with Crippen molar-refractivity contribution in [1.82, 2.24) is 0 Å². The van der Waals surface area contributed by atoms with E-state index in [0.717, 1.165) is 0 Å². The minimum Gasteiger partial charge on any atom is -0.463 e. The van der Waals surface area contributed by atoms with Crippen LogP contribution < -0.4 is 0 Å². The maximum Gasteiger partial charge on any atom is 0.308 e. The number of esters is 2. The molecule has 0 spiro atoms. The highest BCUT2D eigenvalue weighted by Crippen LogP contribution is 2.07. The zero-order chi connectivity index (χ0) is 14.3. The molecule has 0 aromatic carbocycles. The highest BCUT2D eigenvalue weighted by atomic mass is 16.5. The second-order valence-corrected chi connectivity index (χ2v) is 4.62. The maximum atomic E-state index is 11.2. The van der Waals surface area contributed by atoms with E-state index in [4.69, 9.17) is 9.47 Å². The van der Waals surface area contributed by atoms with Gasteiger partial charge in [0.1, 0.15) is 0 Å². The second kappa shape index (κ2) is 8.05. The fraction of sp³-hybridized carbons (Fsp3) is 0.833. The predicted octanol–water partition coefficient (Wildman–Crippen LogP) is 0.392. The molecule has 0 heterocycles. The van der Waals surface area contributed by atoms with Crippen LogP contribution in [0.15, 0.2) is 0 Å². The molecule has 2 atom stereocenters. The van der Waals surface area contributed by atoms with Gasteiger partial charge in [-0.05, 0) is 27.7 Å². The van der Waals surface area contributed by atoms with Gasteiger partial charge in [-0.1, -0.05) is 0 Å². The lowest BCUT2D eigenvalue weighted by atomic mass is 10.1. The van der Waals surface area contributed by atoms with Crippen LogP contribution in [0, 0.1) is 0 Å². The van der Waals surface area contributed by atoms with Gasteiger partial charge in [-0.15, -0.1) is 0 Å². The number of hydrogen-bond acceptors (Lipinski definition) is 6. The van der Waals surface area contributed by atoms with Crippen LogP contribution in [-0.4, -0.2) is 46.6 Å². The minimum atomic E-state index is -1.34. The van der Waals surface area contributed by atoms with E-state index in [9.17, 15) is 19.8 Å². The molecule has 0 aliphatic carbocycles. The van der Waals surface area contributed by atoms with E-state index in [-0.39, 0.29) is 25.0 Å². The molecule has 0 aliphatic heterocycles. The molecule has 0 aromatic heterocycles. The number of hydrogen-bond donors (Lipinski definition) is 2. The summed E-state index contributed by atoms with van der Waals surface area (Å²) in [5, 5.41) is 19.1. The van der Waals surface area contributed by atoms with Gasteiger partial charge in [-0.3, -0.25) is 9.59 Å². The van der Waals surface area contributed by atoms with Crippen molar-refractivity contribution < 1.29 is 29.3 Å². The Labute approximate surface area is 107 Å². The zero-order valence-electron chi connectivity index (χ0n) is 11.3. The number of carbonyl (C=O) groups excluding carboxylic acids is 2. The quantitative estimate of drug-likeness (QED) is 0.645. The maximum absolute atomic E-state index is 11.2. The smallest absolute Gasteiger partial charge is 0.308 e. The lowest BCUT2D eigenvalue weighted by Crippen LogP contribution is -2.32. The van der Waals surface area contributed by atoms with Crippen molar-refractivity contribution in [3.8, 4) is 0 Å². The first kappa shape index (κ1) is 16.9. The lowest BCUT2D eigenvalue weighted by Gasteiger charge is -2.18. The van der Waals surface area contributed by atoms with Crippen LogP contribution in [0.1, 0.15) is 40.5 Å². The van der Waals surface area contributed by atoms with Crippen molar-refractivity contribution in [3.05, 3.63) is 0 Å². The van der Waals surface area contributed by atoms with Gasteiger partial charge in [0.2, 0.25) is 0 Å². The molecular formula is C12H22O6. The molecule has 0 rings (SSSR count). The van der Waals surface area contributed by atoms with Crippen LogP contribution in [-0.2, 0) is 19.1 Å². The fourth-order valence-electron chi connectivity index (χ4n) is 1.24. The van der Waals surface area contributed by atoms with Crippen molar-refractivity contribution in [2.45, 2.75) is 65.0 Å². The molecule has 18 heavy (non-hydrogen) atoms. The molecule has 106 valence electrons. The number of ether oxygens (including phenoxy) is 2. The Morgan fingerprint density at radius 1 is 0.833 bits per heavy atom. The Bertz CT molecular complexity index is 246. The summed E-state index contributed by atoms with van der Waals surface area (Å²) in [7, 11) is 0. The molecule has 0 fully saturated rings. The molecule has 0 unspecified atom stereocenters. The Morgan fingerprint density at radius 2 is 1.11 bits per heavy atom. The summed E-state index contributed by atoms with van der Waals surface area (Å²) in [4.78, 5) is 22.4. The van der Waals surface area contributed by atoms with Crippen molar-refractivity contribution >= 4 is 11.9 Å². The summed E-state index contributed by atoms with van der Waals surface area (Å²) >= 11 is 0. The van der Waals surface area contributed by atoms with Crippen LogP contribution in [0.25, 0.3) is 0 Å². The van der Waals surface area contributed by atoms with E-state index in [0.29, 0.717) is 0 Å². The molecule has 0 aromatic rings. The Morgan fingerprint density at radius 3 is 1.33 bits per heavy atom. The first-order chi connectivity index (χ1) is 8.22. The second-order valence-electron chi connectivity index (χ2n) is 4.62. The number of aliphatic hydroxyl groups is 2. The molecule has 0 bridgehead atoms. The zero-order valence-corrected chi connectivity index (χ0v) is 11.3. The van der Waals surface area contributed by atoms with Crippen molar-refractivity contribution in [1.29, 1.82) is 0 Å². The van der Waals surface area contributed by atoms with Gasteiger partial charge < -0.3 is 19.7 Å². The van der Waals surface area contributed by atoms with Gasteiger partial charge in [-0.2, -0.15) is 0 Å². The summed E-state index contributed by atoms with van der Waals surface area (Å²) in [6.07, 6.45) is -3.95. The molecule has 0 amide bonds. The summed E-state index contributed by atoms with van der Waals surface area (Å²) in [5.41, 5.74) is 0. The van der Waals surface area contributed by atoms with Gasteiger partial charge in [-0.25, -0.2) is 0 Å². The van der Waals surface area contributed by atoms with Crippen LogP contribution >= 0.6 is 0 Å². The van der Waals surface area contributed by atoms with E-state index in [1.54, 1.807) is 27.7 Å². The standard InChI is InChI=1S/C12H22O6/c1-7(2)17-11(15)5-9(13)10(14)6-12(16)18-8(3)4/h7-10,13-14H,5-6H2,1-4H3/t9-,10-/m0/s1. The van der Waals surface area contributed by atoms with Crippen molar-refractivity contribution in [2.75, 3.05) is 0 Å². The molecular weight excluding hydrogens is 240 g/mol. The first-order valence-electron chi connectivity index (χ1n) is 5.97. The van der Waals surface area contributed by atoms with Gasteiger partial charge in [0.25, 0.3) is 0 Å². The predicted molar refractivity (Wildman–Crippen MR) is 63.7 cm³/mol. The van der Waals surface area contributed by atoms with E-state index in [1.807, 2.05) is 0 Å².